The zero-order valence-electron chi connectivity index (χ0n) is 19.3. The van der Waals surface area contributed by atoms with Crippen LogP contribution in [0.15, 0.2) is 117 Å². The molecule has 0 bridgehead atoms. The molecule has 0 aliphatic carbocycles. The van der Waals surface area contributed by atoms with E-state index in [0.29, 0.717) is 20.9 Å². The molecule has 4 rings (SSSR count). The van der Waals surface area contributed by atoms with Crippen LogP contribution in [0.25, 0.3) is 0 Å². The SMILES string of the molecule is Cc1ccccc1S(=O)(=O)Oc1ccccc1SSc1ccccc1OS(=O)(=O)c1ccccc1C. The van der Waals surface area contributed by atoms with Crippen molar-refractivity contribution in [3.63, 3.8) is 0 Å². The number of hydrogen-bond acceptors (Lipinski definition) is 8. The van der Waals surface area contributed by atoms with Crippen molar-refractivity contribution >= 4 is 41.8 Å². The summed E-state index contributed by atoms with van der Waals surface area (Å²) in [6.45, 7) is 3.41. The van der Waals surface area contributed by atoms with Crippen LogP contribution in [0.2, 0.25) is 0 Å². The quantitative estimate of drug-likeness (QED) is 0.167. The van der Waals surface area contributed by atoms with Crippen molar-refractivity contribution in [2.75, 3.05) is 0 Å². The molecule has 0 atom stereocenters. The Hall–Kier alpha value is -2.92. The lowest BCUT2D eigenvalue weighted by atomic mass is 10.2. The maximum atomic E-state index is 12.9. The van der Waals surface area contributed by atoms with Gasteiger partial charge < -0.3 is 8.37 Å². The van der Waals surface area contributed by atoms with Crippen LogP contribution in [0.1, 0.15) is 11.1 Å². The molecule has 4 aromatic rings. The van der Waals surface area contributed by atoms with Gasteiger partial charge >= 0.3 is 20.2 Å². The molecule has 0 radical (unpaired) electrons. The predicted octanol–water partition coefficient (Wildman–Crippen LogP) is 6.64. The summed E-state index contributed by atoms with van der Waals surface area (Å²) in [5.74, 6) is 0.341. The molecule has 6 nitrogen and oxygen atoms in total. The van der Waals surface area contributed by atoms with Gasteiger partial charge in [-0.05, 0) is 83.0 Å². The maximum Gasteiger partial charge on any atom is 0.339 e. The molecule has 0 aliphatic heterocycles. The van der Waals surface area contributed by atoms with Gasteiger partial charge in [0.1, 0.15) is 9.79 Å². The lowest BCUT2D eigenvalue weighted by Gasteiger charge is -2.14. The molecule has 0 amide bonds. The standard InChI is InChI=1S/C26H22O6S4/c1-19-11-3-9-17-25(19)35(27,28)31-21-13-5-7-15-23(21)33-34-24-16-8-6-14-22(24)32-36(29,30)26-18-10-4-12-20(26)2/h3-18H,1-2H3. The Kier molecular flexibility index (Phi) is 7.99. The van der Waals surface area contributed by atoms with Crippen molar-refractivity contribution in [3.05, 3.63) is 108 Å². The molecule has 36 heavy (non-hydrogen) atoms. The Bertz CT molecular complexity index is 1480. The molecule has 0 fully saturated rings. The van der Waals surface area contributed by atoms with E-state index < -0.39 is 20.2 Å². The van der Waals surface area contributed by atoms with Crippen LogP contribution in [0.4, 0.5) is 0 Å². The summed E-state index contributed by atoms with van der Waals surface area (Å²) < 4.78 is 62.5. The lowest BCUT2D eigenvalue weighted by molar-refractivity contribution is 0.478. The van der Waals surface area contributed by atoms with E-state index in [1.165, 1.54) is 33.7 Å². The highest BCUT2D eigenvalue weighted by Crippen LogP contribution is 2.45. The minimum absolute atomic E-state index is 0.0950. The number of aryl methyl sites for hydroxylation is 2. The smallest absolute Gasteiger partial charge is 0.339 e. The first-order valence-electron chi connectivity index (χ1n) is 10.7. The largest absolute Gasteiger partial charge is 0.378 e. The topological polar surface area (TPSA) is 86.7 Å². The van der Waals surface area contributed by atoms with Gasteiger partial charge in [0.15, 0.2) is 11.5 Å². The van der Waals surface area contributed by atoms with E-state index in [9.17, 15) is 16.8 Å². The van der Waals surface area contributed by atoms with Crippen LogP contribution < -0.4 is 8.37 Å². The number of hydrogen-bond donors (Lipinski definition) is 0. The van der Waals surface area contributed by atoms with E-state index in [4.69, 9.17) is 8.37 Å². The van der Waals surface area contributed by atoms with E-state index in [1.807, 2.05) is 0 Å². The van der Waals surface area contributed by atoms with Gasteiger partial charge in [0.2, 0.25) is 0 Å². The van der Waals surface area contributed by atoms with E-state index in [-0.39, 0.29) is 21.3 Å². The van der Waals surface area contributed by atoms with Crippen molar-refractivity contribution < 1.29 is 25.2 Å². The molecule has 0 saturated carbocycles. The summed E-state index contributed by atoms with van der Waals surface area (Å²) in [6.07, 6.45) is 0. The summed E-state index contributed by atoms with van der Waals surface area (Å²) in [5.41, 5.74) is 1.16. The first-order chi connectivity index (χ1) is 17.2. The molecule has 4 aromatic carbocycles. The van der Waals surface area contributed by atoms with Crippen LogP contribution >= 0.6 is 21.6 Å². The molecule has 0 unspecified atom stereocenters. The molecule has 0 aliphatic rings. The number of para-hydroxylation sites is 2. The number of rotatable bonds is 9. The fraction of sp³-hybridized carbons (Fsp3) is 0.0769. The van der Waals surface area contributed by atoms with Crippen LogP contribution in [0.3, 0.4) is 0 Å². The highest BCUT2D eigenvalue weighted by atomic mass is 33.1. The normalized spacial score (nSPS) is 11.7. The zero-order chi connectivity index (χ0) is 25.8. The highest BCUT2D eigenvalue weighted by molar-refractivity contribution is 8.76. The summed E-state index contributed by atoms with van der Waals surface area (Å²) in [5, 5.41) is 0. The molecule has 0 heterocycles. The lowest BCUT2D eigenvalue weighted by Crippen LogP contribution is -2.11. The van der Waals surface area contributed by atoms with E-state index in [1.54, 1.807) is 98.8 Å². The Balaban J connectivity index is 1.56. The van der Waals surface area contributed by atoms with Gasteiger partial charge in [-0.25, -0.2) is 0 Å². The van der Waals surface area contributed by atoms with Crippen LogP contribution in [-0.2, 0) is 20.2 Å². The van der Waals surface area contributed by atoms with E-state index in [2.05, 4.69) is 0 Å². The second kappa shape index (κ2) is 11.0. The molecular weight excluding hydrogens is 537 g/mol. The minimum Gasteiger partial charge on any atom is -0.378 e. The zero-order valence-corrected chi connectivity index (χ0v) is 22.6. The molecule has 0 saturated heterocycles. The highest BCUT2D eigenvalue weighted by Gasteiger charge is 2.22. The van der Waals surface area contributed by atoms with Crippen molar-refractivity contribution in [3.8, 4) is 11.5 Å². The molecule has 10 heteroatoms. The monoisotopic (exact) mass is 558 g/mol. The molecule has 186 valence electrons. The van der Waals surface area contributed by atoms with Gasteiger partial charge in [-0.15, -0.1) is 0 Å². The van der Waals surface area contributed by atoms with Crippen molar-refractivity contribution in [1.29, 1.82) is 0 Å². The fourth-order valence-corrected chi connectivity index (χ4v) is 7.93. The van der Waals surface area contributed by atoms with Gasteiger partial charge in [0, 0.05) is 0 Å². The summed E-state index contributed by atoms with van der Waals surface area (Å²) in [4.78, 5) is 1.29. The molecular formula is C26H22O6S4. The average Bonchev–Trinajstić information content (AvgIpc) is 2.84. The third-order valence-corrected chi connectivity index (χ3v) is 10.3. The van der Waals surface area contributed by atoms with Crippen molar-refractivity contribution in [2.24, 2.45) is 0 Å². The molecule has 0 aromatic heterocycles. The van der Waals surface area contributed by atoms with Gasteiger partial charge in [-0.1, -0.05) is 60.7 Å². The summed E-state index contributed by atoms with van der Waals surface area (Å²) >= 11 is 0. The maximum absolute atomic E-state index is 12.9. The third-order valence-electron chi connectivity index (χ3n) is 5.04. The molecule has 0 N–H and O–H groups in total. The van der Waals surface area contributed by atoms with E-state index >= 15 is 0 Å². The second-order valence-electron chi connectivity index (χ2n) is 7.67. The first-order valence-corrected chi connectivity index (χ1v) is 15.7. The van der Waals surface area contributed by atoms with Crippen LogP contribution in [0.5, 0.6) is 11.5 Å². The fourth-order valence-electron chi connectivity index (χ4n) is 3.27. The third kappa shape index (κ3) is 6.07. The minimum atomic E-state index is -4.04. The van der Waals surface area contributed by atoms with E-state index in [0.717, 1.165) is 0 Å². The van der Waals surface area contributed by atoms with Crippen LogP contribution in [-0.4, -0.2) is 16.8 Å². The van der Waals surface area contributed by atoms with Crippen LogP contribution in [0, 0.1) is 13.8 Å². The molecule has 0 spiro atoms. The Labute approximate surface area is 219 Å². The second-order valence-corrected chi connectivity index (χ2v) is 12.9. The Morgan fingerprint density at radius 1 is 0.500 bits per heavy atom. The van der Waals surface area contributed by atoms with Gasteiger partial charge in [-0.2, -0.15) is 16.8 Å². The van der Waals surface area contributed by atoms with Crippen molar-refractivity contribution in [2.45, 2.75) is 33.4 Å². The van der Waals surface area contributed by atoms with Gasteiger partial charge in [0.25, 0.3) is 0 Å². The van der Waals surface area contributed by atoms with Crippen molar-refractivity contribution in [1.82, 2.24) is 0 Å². The summed E-state index contributed by atoms with van der Waals surface area (Å²) in [7, 11) is -5.62. The summed E-state index contributed by atoms with van der Waals surface area (Å²) in [6, 6.07) is 26.7. The Morgan fingerprint density at radius 3 is 1.22 bits per heavy atom. The Morgan fingerprint density at radius 2 is 0.833 bits per heavy atom. The predicted molar refractivity (Wildman–Crippen MR) is 143 cm³/mol. The van der Waals surface area contributed by atoms with Gasteiger partial charge in [0.05, 0.1) is 9.79 Å². The average molecular weight is 559 g/mol. The number of benzene rings is 4. The van der Waals surface area contributed by atoms with Gasteiger partial charge in [-0.3, -0.25) is 0 Å². The first kappa shape index (κ1) is 26.2.